The van der Waals surface area contributed by atoms with Crippen LogP contribution in [0.15, 0.2) is 54.6 Å². The van der Waals surface area contributed by atoms with E-state index in [2.05, 4.69) is 5.32 Å². The van der Waals surface area contributed by atoms with Gasteiger partial charge in [0, 0.05) is 11.6 Å². The topological polar surface area (TPSA) is 89.3 Å². The van der Waals surface area contributed by atoms with E-state index >= 15 is 0 Å². The van der Waals surface area contributed by atoms with Gasteiger partial charge in [-0.2, -0.15) is 0 Å². The SMILES string of the molecule is CCC(C(=O)Nc1ccccc1[N+](=O)[O-])C(=O)c1ccccc1. The third kappa shape index (κ3) is 3.79. The lowest BCUT2D eigenvalue weighted by atomic mass is 9.94. The van der Waals surface area contributed by atoms with Crippen molar-refractivity contribution in [3.63, 3.8) is 0 Å². The van der Waals surface area contributed by atoms with Crippen molar-refractivity contribution in [2.45, 2.75) is 13.3 Å². The molecule has 2 aromatic rings. The van der Waals surface area contributed by atoms with Crippen molar-refractivity contribution in [1.82, 2.24) is 0 Å². The van der Waals surface area contributed by atoms with Crippen molar-refractivity contribution in [3.8, 4) is 0 Å². The van der Waals surface area contributed by atoms with Crippen LogP contribution in [-0.4, -0.2) is 16.6 Å². The lowest BCUT2D eigenvalue weighted by Gasteiger charge is -2.14. The summed E-state index contributed by atoms with van der Waals surface area (Å²) in [4.78, 5) is 35.2. The fraction of sp³-hybridized carbons (Fsp3) is 0.176. The zero-order valence-corrected chi connectivity index (χ0v) is 12.6. The molecule has 0 heterocycles. The van der Waals surface area contributed by atoms with Gasteiger partial charge in [0.2, 0.25) is 5.91 Å². The zero-order chi connectivity index (χ0) is 16.8. The summed E-state index contributed by atoms with van der Waals surface area (Å²) < 4.78 is 0. The van der Waals surface area contributed by atoms with Crippen molar-refractivity contribution in [3.05, 3.63) is 70.3 Å². The molecule has 23 heavy (non-hydrogen) atoms. The van der Waals surface area contributed by atoms with Crippen LogP contribution >= 0.6 is 0 Å². The van der Waals surface area contributed by atoms with Crippen LogP contribution in [-0.2, 0) is 4.79 Å². The van der Waals surface area contributed by atoms with E-state index in [9.17, 15) is 19.7 Å². The van der Waals surface area contributed by atoms with Crippen LogP contribution in [0.3, 0.4) is 0 Å². The minimum Gasteiger partial charge on any atom is -0.320 e. The predicted molar refractivity (Wildman–Crippen MR) is 86.3 cm³/mol. The van der Waals surface area contributed by atoms with Crippen LogP contribution in [0.4, 0.5) is 11.4 Å². The number of nitro benzene ring substituents is 1. The maximum atomic E-state index is 12.4. The second-order valence-corrected chi connectivity index (χ2v) is 4.95. The summed E-state index contributed by atoms with van der Waals surface area (Å²) in [6.45, 7) is 1.73. The van der Waals surface area contributed by atoms with Crippen LogP contribution in [0.25, 0.3) is 0 Å². The maximum absolute atomic E-state index is 12.4. The normalized spacial score (nSPS) is 11.5. The summed E-state index contributed by atoms with van der Waals surface area (Å²) in [5, 5.41) is 13.5. The van der Waals surface area contributed by atoms with E-state index in [1.165, 1.54) is 18.2 Å². The standard InChI is InChI=1S/C17H16N2O4/c1-2-13(16(20)12-8-4-3-5-9-12)17(21)18-14-10-6-7-11-15(14)19(22)23/h3-11,13H,2H2,1H3,(H,18,21). The minimum absolute atomic E-state index is 0.0850. The molecule has 1 atom stereocenters. The van der Waals surface area contributed by atoms with Gasteiger partial charge in [0.05, 0.1) is 4.92 Å². The molecule has 1 amide bonds. The summed E-state index contributed by atoms with van der Waals surface area (Å²) in [6, 6.07) is 14.4. The van der Waals surface area contributed by atoms with Crippen LogP contribution < -0.4 is 5.32 Å². The molecule has 0 spiro atoms. The van der Waals surface area contributed by atoms with E-state index in [0.717, 1.165) is 0 Å². The van der Waals surface area contributed by atoms with E-state index < -0.39 is 16.7 Å². The summed E-state index contributed by atoms with van der Waals surface area (Å²) in [6.07, 6.45) is 0.306. The number of amides is 1. The van der Waals surface area contributed by atoms with E-state index in [1.54, 1.807) is 43.3 Å². The Kier molecular flexibility index (Phi) is 5.19. The largest absolute Gasteiger partial charge is 0.320 e. The molecule has 1 unspecified atom stereocenters. The van der Waals surface area contributed by atoms with Crippen LogP contribution in [0, 0.1) is 16.0 Å². The summed E-state index contributed by atoms with van der Waals surface area (Å²) in [5.41, 5.74) is 0.321. The molecular weight excluding hydrogens is 296 g/mol. The number of carbonyl (C=O) groups excluding carboxylic acids is 2. The molecule has 6 nitrogen and oxygen atoms in total. The van der Waals surface area contributed by atoms with Crippen molar-refractivity contribution in [2.75, 3.05) is 5.32 Å². The summed E-state index contributed by atoms with van der Waals surface area (Å²) >= 11 is 0. The van der Waals surface area contributed by atoms with Crippen LogP contribution in [0.5, 0.6) is 0 Å². The van der Waals surface area contributed by atoms with Crippen LogP contribution in [0.1, 0.15) is 23.7 Å². The van der Waals surface area contributed by atoms with Crippen LogP contribution in [0.2, 0.25) is 0 Å². The highest BCUT2D eigenvalue weighted by Gasteiger charge is 2.27. The molecule has 0 radical (unpaired) electrons. The molecule has 1 N–H and O–H groups in total. The number of rotatable bonds is 6. The number of Topliss-reactive ketones (excluding diaryl/α,β-unsaturated/α-hetero) is 1. The van der Waals surface area contributed by atoms with Crippen molar-refractivity contribution in [2.24, 2.45) is 5.92 Å². The highest BCUT2D eigenvalue weighted by atomic mass is 16.6. The lowest BCUT2D eigenvalue weighted by Crippen LogP contribution is -2.29. The third-order valence-electron chi connectivity index (χ3n) is 3.46. The van der Waals surface area contributed by atoms with E-state index in [0.29, 0.717) is 12.0 Å². The molecule has 0 aliphatic heterocycles. The Balaban J connectivity index is 2.22. The van der Waals surface area contributed by atoms with E-state index in [4.69, 9.17) is 0 Å². The Bertz CT molecular complexity index is 728. The number of nitrogens with zero attached hydrogens (tertiary/aromatic N) is 1. The first-order chi connectivity index (χ1) is 11.0. The van der Waals surface area contributed by atoms with E-state index in [1.807, 2.05) is 0 Å². The smallest absolute Gasteiger partial charge is 0.292 e. The fourth-order valence-corrected chi connectivity index (χ4v) is 2.25. The number of hydrogen-bond donors (Lipinski definition) is 1. The van der Waals surface area contributed by atoms with Gasteiger partial charge in [-0.25, -0.2) is 0 Å². The van der Waals surface area contributed by atoms with Gasteiger partial charge in [0.25, 0.3) is 5.69 Å². The number of ketones is 1. The molecule has 6 heteroatoms. The van der Waals surface area contributed by atoms with Gasteiger partial charge >= 0.3 is 0 Å². The minimum atomic E-state index is -0.891. The molecule has 0 aromatic heterocycles. The lowest BCUT2D eigenvalue weighted by molar-refractivity contribution is -0.383. The van der Waals surface area contributed by atoms with Crippen molar-refractivity contribution >= 4 is 23.1 Å². The molecule has 2 rings (SSSR count). The number of nitrogens with one attached hydrogen (secondary N) is 1. The van der Waals surface area contributed by atoms with Gasteiger partial charge in [0.1, 0.15) is 11.6 Å². The molecule has 118 valence electrons. The molecule has 0 aliphatic rings. The number of hydrogen-bond acceptors (Lipinski definition) is 4. The highest BCUT2D eigenvalue weighted by Crippen LogP contribution is 2.24. The first-order valence-electron chi connectivity index (χ1n) is 7.18. The third-order valence-corrected chi connectivity index (χ3v) is 3.46. The maximum Gasteiger partial charge on any atom is 0.292 e. The Hall–Kier alpha value is -3.02. The first kappa shape index (κ1) is 16.4. The zero-order valence-electron chi connectivity index (χ0n) is 12.6. The van der Waals surface area contributed by atoms with Gasteiger partial charge in [-0.05, 0) is 12.5 Å². The fourth-order valence-electron chi connectivity index (χ4n) is 2.25. The predicted octanol–water partition coefficient (Wildman–Crippen LogP) is 3.44. The molecule has 0 aliphatic carbocycles. The number of nitro groups is 1. The quantitative estimate of drug-likeness (QED) is 0.383. The second-order valence-electron chi connectivity index (χ2n) is 4.95. The van der Waals surface area contributed by atoms with E-state index in [-0.39, 0.29) is 17.2 Å². The Morgan fingerprint density at radius 1 is 1.09 bits per heavy atom. The molecular formula is C17H16N2O4. The Morgan fingerprint density at radius 3 is 2.30 bits per heavy atom. The number of anilines is 1. The number of carbonyl (C=O) groups is 2. The second kappa shape index (κ2) is 7.31. The summed E-state index contributed by atoms with van der Waals surface area (Å²) in [7, 11) is 0. The average Bonchev–Trinajstić information content (AvgIpc) is 2.56. The number of benzene rings is 2. The Morgan fingerprint density at radius 2 is 1.70 bits per heavy atom. The molecule has 0 fully saturated rings. The van der Waals surface area contributed by atoms with Crippen molar-refractivity contribution in [1.29, 1.82) is 0 Å². The number of para-hydroxylation sites is 2. The average molecular weight is 312 g/mol. The molecule has 0 bridgehead atoms. The van der Waals surface area contributed by atoms with Gasteiger partial charge < -0.3 is 5.32 Å². The van der Waals surface area contributed by atoms with Gasteiger partial charge in [0.15, 0.2) is 5.78 Å². The van der Waals surface area contributed by atoms with Gasteiger partial charge in [-0.15, -0.1) is 0 Å². The van der Waals surface area contributed by atoms with Gasteiger partial charge in [-0.3, -0.25) is 19.7 Å². The van der Waals surface area contributed by atoms with Crippen molar-refractivity contribution < 1.29 is 14.5 Å². The first-order valence-corrected chi connectivity index (χ1v) is 7.18. The highest BCUT2D eigenvalue weighted by molar-refractivity contribution is 6.13. The monoisotopic (exact) mass is 312 g/mol. The summed E-state index contributed by atoms with van der Waals surface area (Å²) in [5.74, 6) is -1.74. The Labute approximate surface area is 133 Å². The van der Waals surface area contributed by atoms with Gasteiger partial charge in [-0.1, -0.05) is 49.4 Å². The molecule has 2 aromatic carbocycles. The molecule has 0 saturated heterocycles. The molecule has 0 saturated carbocycles.